The molecule has 2 N–H and O–H groups in total. The molecule has 2 aromatic carbocycles. The number of carbonyl (C=O) groups excluding carboxylic acids is 1. The van der Waals surface area contributed by atoms with Gasteiger partial charge in [-0.3, -0.25) is 4.79 Å². The molecule has 1 saturated heterocycles. The van der Waals surface area contributed by atoms with E-state index in [4.69, 9.17) is 16.3 Å². The van der Waals surface area contributed by atoms with Crippen LogP contribution < -0.4 is 15.4 Å². The van der Waals surface area contributed by atoms with E-state index in [1.165, 1.54) is 0 Å². The first-order valence-electron chi connectivity index (χ1n) is 10.1. The Balaban J connectivity index is 1.75. The predicted octanol–water partition coefficient (Wildman–Crippen LogP) is 5.35. The molecule has 1 fully saturated rings. The molecular weight excluding hydrogens is 398 g/mol. The lowest BCUT2D eigenvalue weighted by Gasteiger charge is -2.46. The Morgan fingerprint density at radius 1 is 1.17 bits per heavy atom. The largest absolute Gasteiger partial charge is 0.454 e. The average Bonchev–Trinajstić information content (AvgIpc) is 2.60. The van der Waals surface area contributed by atoms with Crippen LogP contribution in [0.4, 0.5) is 0 Å². The molecule has 2 aromatic rings. The number of rotatable bonds is 4. The minimum absolute atomic E-state index is 0.0543. The molecule has 0 bridgehead atoms. The maximum absolute atomic E-state index is 12.8. The first-order chi connectivity index (χ1) is 14.0. The number of nitrogens with zero attached hydrogens (tertiary/aromatic N) is 1. The van der Waals surface area contributed by atoms with Gasteiger partial charge in [0.25, 0.3) is 5.91 Å². The average molecular weight is 426 g/mol. The highest BCUT2D eigenvalue weighted by Gasteiger charge is 2.38. The second kappa shape index (κ2) is 8.29. The van der Waals surface area contributed by atoms with Gasteiger partial charge in [-0.15, -0.1) is 0 Å². The third-order valence-corrected chi connectivity index (χ3v) is 5.58. The summed E-state index contributed by atoms with van der Waals surface area (Å²) in [5.74, 6) is 0.686. The van der Waals surface area contributed by atoms with E-state index in [9.17, 15) is 10.1 Å². The molecular formula is C24H28ClN3O2. The Labute approximate surface area is 183 Å². The Kier molecular flexibility index (Phi) is 6.12. The fraction of sp³-hybridized carbons (Fsp3) is 0.417. The Bertz CT molecular complexity index is 992. The summed E-state index contributed by atoms with van der Waals surface area (Å²) in [5, 5.41) is 16.5. The molecule has 1 amide bonds. The van der Waals surface area contributed by atoms with Gasteiger partial charge in [-0.2, -0.15) is 5.26 Å². The van der Waals surface area contributed by atoms with E-state index in [2.05, 4.69) is 44.4 Å². The van der Waals surface area contributed by atoms with Crippen LogP contribution in [0.5, 0.6) is 11.5 Å². The molecule has 158 valence electrons. The molecule has 0 radical (unpaired) electrons. The van der Waals surface area contributed by atoms with E-state index < -0.39 is 0 Å². The van der Waals surface area contributed by atoms with Gasteiger partial charge < -0.3 is 15.4 Å². The predicted molar refractivity (Wildman–Crippen MR) is 119 cm³/mol. The van der Waals surface area contributed by atoms with Gasteiger partial charge in [0.2, 0.25) is 0 Å². The van der Waals surface area contributed by atoms with Crippen LogP contribution in [0, 0.1) is 18.3 Å². The summed E-state index contributed by atoms with van der Waals surface area (Å²) < 4.78 is 5.86. The fourth-order valence-corrected chi connectivity index (χ4v) is 4.62. The molecule has 0 aliphatic carbocycles. The Morgan fingerprint density at radius 3 is 2.43 bits per heavy atom. The number of hydrogen-bond acceptors (Lipinski definition) is 4. The summed E-state index contributed by atoms with van der Waals surface area (Å²) in [5.41, 5.74) is 1.66. The molecule has 0 unspecified atom stereocenters. The lowest BCUT2D eigenvalue weighted by Crippen LogP contribution is -2.62. The first kappa shape index (κ1) is 22.1. The van der Waals surface area contributed by atoms with Crippen molar-refractivity contribution in [3.05, 3.63) is 58.1 Å². The van der Waals surface area contributed by atoms with Crippen molar-refractivity contribution in [3.8, 4) is 17.6 Å². The summed E-state index contributed by atoms with van der Waals surface area (Å²) >= 11 is 6.39. The van der Waals surface area contributed by atoms with Gasteiger partial charge in [-0.25, -0.2) is 0 Å². The maximum atomic E-state index is 12.8. The Hall–Kier alpha value is -2.55. The van der Waals surface area contributed by atoms with Crippen molar-refractivity contribution >= 4 is 17.5 Å². The second-order valence-corrected chi connectivity index (χ2v) is 9.69. The third kappa shape index (κ3) is 5.13. The first-order valence-corrected chi connectivity index (χ1v) is 10.4. The fourth-order valence-electron chi connectivity index (χ4n) is 4.41. The van der Waals surface area contributed by atoms with Gasteiger partial charge in [-0.05, 0) is 77.3 Å². The van der Waals surface area contributed by atoms with Crippen LogP contribution in [0.3, 0.4) is 0 Å². The van der Waals surface area contributed by atoms with Gasteiger partial charge in [0.15, 0.2) is 0 Å². The van der Waals surface area contributed by atoms with Crippen LogP contribution in [0.15, 0.2) is 36.4 Å². The number of ether oxygens (including phenoxy) is 1. The van der Waals surface area contributed by atoms with Gasteiger partial charge in [0.05, 0.1) is 10.6 Å². The molecule has 30 heavy (non-hydrogen) atoms. The molecule has 5 nitrogen and oxygen atoms in total. The van der Waals surface area contributed by atoms with Crippen LogP contribution in [-0.4, -0.2) is 23.0 Å². The normalized spacial score (nSPS) is 17.8. The van der Waals surface area contributed by atoms with Crippen molar-refractivity contribution in [2.75, 3.05) is 0 Å². The molecule has 0 spiro atoms. The number of nitriles is 1. The lowest BCUT2D eigenvalue weighted by molar-refractivity contribution is 0.0873. The van der Waals surface area contributed by atoms with Gasteiger partial charge >= 0.3 is 0 Å². The molecule has 1 aliphatic rings. The Morgan fingerprint density at radius 2 is 1.83 bits per heavy atom. The zero-order valence-corrected chi connectivity index (χ0v) is 18.9. The van der Waals surface area contributed by atoms with E-state index >= 15 is 0 Å². The van der Waals surface area contributed by atoms with Crippen molar-refractivity contribution < 1.29 is 9.53 Å². The number of aryl methyl sites for hydroxylation is 1. The van der Waals surface area contributed by atoms with E-state index in [-0.39, 0.29) is 23.0 Å². The highest BCUT2D eigenvalue weighted by molar-refractivity contribution is 6.32. The third-order valence-electron chi connectivity index (χ3n) is 5.29. The molecule has 1 heterocycles. The molecule has 3 rings (SSSR count). The number of nitrogens with one attached hydrogen (secondary N) is 2. The van der Waals surface area contributed by atoms with E-state index in [0.717, 1.165) is 18.4 Å². The van der Waals surface area contributed by atoms with Crippen molar-refractivity contribution in [2.45, 2.75) is 64.6 Å². The van der Waals surface area contributed by atoms with Crippen molar-refractivity contribution in [2.24, 2.45) is 0 Å². The summed E-state index contributed by atoms with van der Waals surface area (Å²) in [7, 11) is 0. The number of halogens is 1. The van der Waals surface area contributed by atoms with Gasteiger partial charge in [0.1, 0.15) is 17.6 Å². The minimum atomic E-state index is -0.157. The molecule has 0 aromatic heterocycles. The summed E-state index contributed by atoms with van der Waals surface area (Å²) in [6.45, 7) is 10.4. The smallest absolute Gasteiger partial charge is 0.251 e. The van der Waals surface area contributed by atoms with Crippen molar-refractivity contribution in [1.82, 2.24) is 10.6 Å². The van der Waals surface area contributed by atoms with Gasteiger partial charge in [-0.1, -0.05) is 23.7 Å². The SMILES string of the molecule is Cc1cccc(Oc2ccc(C(=O)NC3CC(C)(C)NC(C)(C)C3)cc2Cl)c1C#N. The molecule has 0 saturated carbocycles. The molecule has 1 aliphatic heterocycles. The van der Waals surface area contributed by atoms with Crippen LogP contribution >= 0.6 is 11.6 Å². The lowest BCUT2D eigenvalue weighted by atomic mass is 9.79. The summed E-state index contributed by atoms with van der Waals surface area (Å²) in [4.78, 5) is 12.8. The van der Waals surface area contributed by atoms with E-state index in [1.807, 2.05) is 19.1 Å². The zero-order valence-electron chi connectivity index (χ0n) is 18.1. The van der Waals surface area contributed by atoms with Crippen LogP contribution in [0.2, 0.25) is 5.02 Å². The number of hydrogen-bond donors (Lipinski definition) is 2. The topological polar surface area (TPSA) is 74.2 Å². The maximum Gasteiger partial charge on any atom is 0.251 e. The minimum Gasteiger partial charge on any atom is -0.454 e. The number of carbonyl (C=O) groups is 1. The van der Waals surface area contributed by atoms with Crippen LogP contribution in [0.1, 0.15) is 62.0 Å². The molecule has 6 heteroatoms. The number of piperidine rings is 1. The van der Waals surface area contributed by atoms with Crippen LogP contribution in [0.25, 0.3) is 0 Å². The molecule has 0 atom stereocenters. The monoisotopic (exact) mass is 425 g/mol. The highest BCUT2D eigenvalue weighted by atomic mass is 35.5. The number of benzene rings is 2. The van der Waals surface area contributed by atoms with E-state index in [0.29, 0.717) is 27.6 Å². The van der Waals surface area contributed by atoms with Gasteiger partial charge in [0, 0.05) is 22.7 Å². The van der Waals surface area contributed by atoms with Crippen molar-refractivity contribution in [3.63, 3.8) is 0 Å². The standard InChI is InChI=1S/C24H28ClN3O2/c1-15-7-6-8-20(18(15)14-26)30-21-10-9-16(11-19(21)25)22(29)27-17-12-23(2,3)28-24(4,5)13-17/h6-11,17,28H,12-13H2,1-5H3,(H,27,29). The van der Waals surface area contributed by atoms with Crippen LogP contribution in [-0.2, 0) is 0 Å². The second-order valence-electron chi connectivity index (χ2n) is 9.28. The number of amides is 1. The van der Waals surface area contributed by atoms with E-state index in [1.54, 1.807) is 24.3 Å². The zero-order chi connectivity index (χ0) is 22.1. The van der Waals surface area contributed by atoms with Crippen molar-refractivity contribution in [1.29, 1.82) is 5.26 Å². The highest BCUT2D eigenvalue weighted by Crippen LogP contribution is 2.33. The summed E-state index contributed by atoms with van der Waals surface area (Å²) in [6, 6.07) is 12.6. The summed E-state index contributed by atoms with van der Waals surface area (Å²) in [6.07, 6.45) is 1.70. The quantitative estimate of drug-likeness (QED) is 0.692.